The Morgan fingerprint density at radius 2 is 0.773 bits per heavy atom. The van der Waals surface area contributed by atoms with Crippen LogP contribution in [0.4, 0.5) is 0 Å². The van der Waals surface area contributed by atoms with Gasteiger partial charge in [0, 0.05) is 5.92 Å². The number of epoxide rings is 2. The van der Waals surface area contributed by atoms with Gasteiger partial charge in [-0.1, -0.05) is 79.8 Å². The van der Waals surface area contributed by atoms with Crippen molar-refractivity contribution in [1.82, 2.24) is 0 Å². The van der Waals surface area contributed by atoms with Crippen LogP contribution in [0, 0.1) is 5.92 Å². The van der Waals surface area contributed by atoms with Crippen LogP contribution in [0.3, 0.4) is 0 Å². The molecule has 2 heterocycles. The lowest BCUT2D eigenvalue weighted by molar-refractivity contribution is 0.188. The fourth-order valence-electron chi connectivity index (χ4n) is 4.32. The fourth-order valence-corrected chi connectivity index (χ4v) is 4.32. The highest BCUT2D eigenvalue weighted by Crippen LogP contribution is 2.21. The van der Waals surface area contributed by atoms with Gasteiger partial charge < -0.3 is 28.4 Å². The summed E-state index contributed by atoms with van der Waals surface area (Å²) in [6, 6.07) is 32.4. The lowest BCUT2D eigenvalue weighted by Gasteiger charge is -2.14. The molecule has 0 N–H and O–H groups in total. The molecule has 2 aliphatic rings. The Morgan fingerprint density at radius 1 is 0.500 bits per heavy atom. The third kappa shape index (κ3) is 9.76. The van der Waals surface area contributed by atoms with E-state index in [1.54, 1.807) is 0 Å². The van der Waals surface area contributed by atoms with E-state index in [-0.39, 0.29) is 18.1 Å². The first-order valence-corrected chi connectivity index (χ1v) is 15.2. The summed E-state index contributed by atoms with van der Waals surface area (Å²) in [5.74, 6) is 3.67. The molecule has 2 saturated heterocycles. The largest absolute Gasteiger partial charge is 0.493 e. The van der Waals surface area contributed by atoms with Crippen LogP contribution in [-0.4, -0.2) is 51.8 Å². The number of hydrogen-bond donors (Lipinski definition) is 0. The molecule has 6 heteroatoms. The molecule has 0 amide bonds. The molecule has 4 aromatic carbocycles. The molecule has 44 heavy (non-hydrogen) atoms. The van der Waals surface area contributed by atoms with Crippen LogP contribution < -0.4 is 18.9 Å². The normalized spacial score (nSPS) is 17.8. The minimum Gasteiger partial charge on any atom is -0.493 e. The average molecular weight is 591 g/mol. The van der Waals surface area contributed by atoms with Crippen LogP contribution in [0.5, 0.6) is 23.0 Å². The maximum Gasteiger partial charge on any atom is 0.119 e. The third-order valence-electron chi connectivity index (χ3n) is 7.20. The number of benzene rings is 4. The van der Waals surface area contributed by atoms with E-state index in [1.807, 2.05) is 48.5 Å². The molecule has 0 aliphatic carbocycles. The van der Waals surface area contributed by atoms with Crippen molar-refractivity contribution in [3.05, 3.63) is 119 Å². The summed E-state index contributed by atoms with van der Waals surface area (Å²) in [5.41, 5.74) is 4.46. The summed E-state index contributed by atoms with van der Waals surface area (Å²) < 4.78 is 33.8. The van der Waals surface area contributed by atoms with E-state index in [0.717, 1.165) is 58.5 Å². The summed E-state index contributed by atoms with van der Waals surface area (Å²) in [7, 11) is 0. The van der Waals surface area contributed by atoms with Gasteiger partial charge in [0.1, 0.15) is 48.4 Å². The zero-order chi connectivity index (χ0) is 30.0. The molecular weight excluding hydrogens is 552 g/mol. The van der Waals surface area contributed by atoms with Crippen molar-refractivity contribution < 1.29 is 28.4 Å². The lowest BCUT2D eigenvalue weighted by atomic mass is 10.1. The molecule has 2 aliphatic heterocycles. The zero-order valence-electron chi connectivity index (χ0n) is 25.0. The van der Waals surface area contributed by atoms with Gasteiger partial charge >= 0.3 is 0 Å². The van der Waals surface area contributed by atoms with Gasteiger partial charge in [-0.05, 0) is 70.8 Å². The highest BCUT2D eigenvalue weighted by atomic mass is 16.6. The molecule has 0 spiro atoms. The quantitative estimate of drug-likeness (QED) is 0.0986. The van der Waals surface area contributed by atoms with E-state index in [4.69, 9.17) is 28.4 Å². The van der Waals surface area contributed by atoms with Crippen molar-refractivity contribution in [3.63, 3.8) is 0 Å². The van der Waals surface area contributed by atoms with Crippen LogP contribution in [-0.2, 0) is 9.47 Å². The molecule has 0 bridgehead atoms. The predicted molar refractivity (Wildman–Crippen MR) is 174 cm³/mol. The predicted octanol–water partition coefficient (Wildman–Crippen LogP) is 7.68. The Hall–Kier alpha value is -4.52. The molecule has 6 nitrogen and oxygen atoms in total. The minimum absolute atomic E-state index is 0.238. The minimum atomic E-state index is 0.238. The molecule has 2 atom stereocenters. The third-order valence-corrected chi connectivity index (χ3v) is 7.20. The molecule has 2 unspecified atom stereocenters. The Bertz CT molecular complexity index is 1380. The van der Waals surface area contributed by atoms with Gasteiger partial charge in [0.05, 0.1) is 26.4 Å². The second kappa shape index (κ2) is 14.8. The molecule has 226 valence electrons. The molecule has 0 aromatic heterocycles. The second-order valence-electron chi connectivity index (χ2n) is 11.2. The van der Waals surface area contributed by atoms with Gasteiger partial charge in [0.15, 0.2) is 0 Å². The van der Waals surface area contributed by atoms with Gasteiger partial charge in [-0.15, -0.1) is 0 Å². The van der Waals surface area contributed by atoms with Gasteiger partial charge in [-0.2, -0.15) is 0 Å². The Balaban J connectivity index is 0.885. The maximum absolute atomic E-state index is 6.01. The van der Waals surface area contributed by atoms with Gasteiger partial charge in [0.2, 0.25) is 0 Å². The Kier molecular flexibility index (Phi) is 9.92. The zero-order valence-corrected chi connectivity index (χ0v) is 25.0. The molecule has 0 saturated carbocycles. The van der Waals surface area contributed by atoms with E-state index < -0.39 is 0 Å². The van der Waals surface area contributed by atoms with E-state index in [0.29, 0.717) is 26.4 Å². The summed E-state index contributed by atoms with van der Waals surface area (Å²) in [5, 5.41) is 0. The van der Waals surface area contributed by atoms with Crippen LogP contribution in [0.1, 0.15) is 29.2 Å². The van der Waals surface area contributed by atoms with Crippen molar-refractivity contribution in [3.8, 4) is 23.0 Å². The molecule has 2 fully saturated rings. The number of hydrogen-bond acceptors (Lipinski definition) is 6. The van der Waals surface area contributed by atoms with E-state index in [9.17, 15) is 0 Å². The second-order valence-corrected chi connectivity index (χ2v) is 11.2. The van der Waals surface area contributed by atoms with Crippen LogP contribution in [0.15, 0.2) is 97.1 Å². The average Bonchev–Trinajstić information content (AvgIpc) is 4.01. The highest BCUT2D eigenvalue weighted by molar-refractivity contribution is 5.71. The summed E-state index contributed by atoms with van der Waals surface area (Å²) in [6.07, 6.45) is 8.89. The van der Waals surface area contributed by atoms with Crippen molar-refractivity contribution in [1.29, 1.82) is 0 Å². The first kappa shape index (κ1) is 29.5. The molecule has 0 radical (unpaired) electrons. The molecule has 6 rings (SSSR count). The summed E-state index contributed by atoms with van der Waals surface area (Å²) in [6.45, 7) is 6.13. The summed E-state index contributed by atoms with van der Waals surface area (Å²) in [4.78, 5) is 0. The molecular formula is C38H38O6. The highest BCUT2D eigenvalue weighted by Gasteiger charge is 2.23. The lowest BCUT2D eigenvalue weighted by Crippen LogP contribution is -2.16. The van der Waals surface area contributed by atoms with Gasteiger partial charge in [-0.3, -0.25) is 0 Å². The standard InChI is InChI=1S/C38H38O6/c1-28(22-39-33-14-6-29(7-15-33)2-4-31-10-18-35(19-11-31)41-24-37-26-43-37)23-40-34-16-8-30(9-17-34)3-5-32-12-20-36(21-13-32)42-25-38-27-44-38/h2-21,28,37-38H,22-27H2,1H3. The van der Waals surface area contributed by atoms with E-state index >= 15 is 0 Å². The monoisotopic (exact) mass is 590 g/mol. The van der Waals surface area contributed by atoms with Crippen molar-refractivity contribution >= 4 is 24.3 Å². The Labute approximate surface area is 259 Å². The van der Waals surface area contributed by atoms with Crippen molar-refractivity contribution in [2.75, 3.05) is 39.6 Å². The fraction of sp³-hybridized carbons (Fsp3) is 0.263. The van der Waals surface area contributed by atoms with Crippen LogP contribution >= 0.6 is 0 Å². The van der Waals surface area contributed by atoms with E-state index in [2.05, 4.69) is 79.8 Å². The van der Waals surface area contributed by atoms with Crippen LogP contribution in [0.25, 0.3) is 24.3 Å². The SMILES string of the molecule is CC(COc1ccc(C=Cc2ccc(OCC3CO3)cc2)cc1)COc1ccc(C=Cc2ccc(OCC3CO3)cc2)cc1. The first-order valence-electron chi connectivity index (χ1n) is 15.2. The molecule has 4 aromatic rings. The van der Waals surface area contributed by atoms with E-state index in [1.165, 1.54) is 0 Å². The number of ether oxygens (including phenoxy) is 6. The first-order chi connectivity index (χ1) is 21.6. The van der Waals surface area contributed by atoms with Gasteiger partial charge in [0.25, 0.3) is 0 Å². The van der Waals surface area contributed by atoms with Crippen LogP contribution in [0.2, 0.25) is 0 Å². The van der Waals surface area contributed by atoms with Crippen molar-refractivity contribution in [2.24, 2.45) is 5.92 Å². The maximum atomic E-state index is 6.01. The van der Waals surface area contributed by atoms with Gasteiger partial charge in [-0.25, -0.2) is 0 Å². The Morgan fingerprint density at radius 3 is 1.05 bits per heavy atom. The topological polar surface area (TPSA) is 62.0 Å². The smallest absolute Gasteiger partial charge is 0.119 e. The van der Waals surface area contributed by atoms with Crippen molar-refractivity contribution in [2.45, 2.75) is 19.1 Å². The summed E-state index contributed by atoms with van der Waals surface area (Å²) >= 11 is 0. The number of rotatable bonds is 16.